The number of hydrogen-bond donors (Lipinski definition) is 1. The molecule has 3 aromatic carbocycles. The Morgan fingerprint density at radius 2 is 1.26 bits per heavy atom. The number of rotatable bonds is 11. The molecule has 0 amide bonds. The number of aryl methyl sites for hydroxylation is 2. The predicted octanol–water partition coefficient (Wildman–Crippen LogP) is 5.55. The number of benzene rings is 3. The van der Waals surface area contributed by atoms with Crippen molar-refractivity contribution in [3.8, 4) is 17.1 Å². The first-order valence-electron chi connectivity index (χ1n) is 12.7. The summed E-state index contributed by atoms with van der Waals surface area (Å²) in [5.74, 6) is -0.201. The van der Waals surface area contributed by atoms with Gasteiger partial charge in [0, 0.05) is 16.7 Å². The summed E-state index contributed by atoms with van der Waals surface area (Å²) in [6.45, 7) is 6.16. The van der Waals surface area contributed by atoms with E-state index in [2.05, 4.69) is 21.9 Å². The Morgan fingerprint density at radius 1 is 0.763 bits per heavy atom. The molecule has 7 nitrogen and oxygen atoms in total. The number of ether oxygens (including phenoxy) is 1. The van der Waals surface area contributed by atoms with Gasteiger partial charge in [-0.3, -0.25) is 9.59 Å². The van der Waals surface area contributed by atoms with Crippen molar-refractivity contribution in [1.82, 2.24) is 15.0 Å². The first-order valence-corrected chi connectivity index (χ1v) is 12.7. The summed E-state index contributed by atoms with van der Waals surface area (Å²) in [4.78, 5) is 39.7. The molecule has 0 fully saturated rings. The number of hydrogen-bond acceptors (Lipinski definition) is 7. The minimum absolute atomic E-state index is 0.103. The van der Waals surface area contributed by atoms with Crippen LogP contribution in [0, 0.1) is 13.8 Å². The van der Waals surface area contributed by atoms with Gasteiger partial charge in [0.05, 0.1) is 6.10 Å². The van der Waals surface area contributed by atoms with E-state index < -0.39 is 17.7 Å². The summed E-state index contributed by atoms with van der Waals surface area (Å²) < 4.78 is 5.70. The van der Waals surface area contributed by atoms with Crippen molar-refractivity contribution in [2.24, 2.45) is 0 Å². The summed E-state index contributed by atoms with van der Waals surface area (Å²) >= 11 is 0. The number of aliphatic hydroxyl groups excluding tert-OH is 1. The van der Waals surface area contributed by atoms with E-state index in [1.165, 1.54) is 0 Å². The summed E-state index contributed by atoms with van der Waals surface area (Å²) in [5.41, 5.74) is 3.49. The minimum atomic E-state index is -0.524. The standard InChI is InChI=1S/C31H31N3O4/c1-4-5-6-25(35)19-38-26-17-15-24(16-18-26)29-32-30(27(36)22-11-7-20(2)8-12-22)34-31(33-29)28(37)23-13-9-21(3)10-14-23/h7-18,25,35H,4-6,19H2,1-3H3. The lowest BCUT2D eigenvalue weighted by Crippen LogP contribution is -2.17. The normalized spacial score (nSPS) is 11.7. The number of carbonyl (C=O) groups is 2. The average Bonchev–Trinajstić information content (AvgIpc) is 2.95. The van der Waals surface area contributed by atoms with Crippen LogP contribution in [0.25, 0.3) is 11.4 Å². The third kappa shape index (κ3) is 6.75. The Labute approximate surface area is 222 Å². The smallest absolute Gasteiger partial charge is 0.230 e. The van der Waals surface area contributed by atoms with Crippen LogP contribution in [-0.4, -0.2) is 44.3 Å². The van der Waals surface area contributed by atoms with Crippen molar-refractivity contribution in [3.05, 3.63) is 107 Å². The lowest BCUT2D eigenvalue weighted by Gasteiger charge is -2.12. The van der Waals surface area contributed by atoms with Gasteiger partial charge in [-0.2, -0.15) is 0 Å². The Balaban J connectivity index is 1.66. The largest absolute Gasteiger partial charge is 0.491 e. The fourth-order valence-corrected chi connectivity index (χ4v) is 3.79. The van der Waals surface area contributed by atoms with E-state index in [1.54, 1.807) is 48.5 Å². The Hall–Kier alpha value is -4.23. The van der Waals surface area contributed by atoms with Gasteiger partial charge in [0.1, 0.15) is 12.4 Å². The van der Waals surface area contributed by atoms with Crippen molar-refractivity contribution in [2.75, 3.05) is 6.61 Å². The van der Waals surface area contributed by atoms with Crippen LogP contribution in [0.4, 0.5) is 0 Å². The van der Waals surface area contributed by atoms with Crippen molar-refractivity contribution in [1.29, 1.82) is 0 Å². The second-order valence-corrected chi connectivity index (χ2v) is 9.33. The van der Waals surface area contributed by atoms with Crippen molar-refractivity contribution < 1.29 is 19.4 Å². The van der Waals surface area contributed by atoms with Gasteiger partial charge in [-0.25, -0.2) is 15.0 Å². The van der Waals surface area contributed by atoms with Crippen LogP contribution in [0.1, 0.15) is 69.7 Å². The molecule has 1 unspecified atom stereocenters. The van der Waals surface area contributed by atoms with Crippen LogP contribution in [0.15, 0.2) is 72.8 Å². The minimum Gasteiger partial charge on any atom is -0.491 e. The van der Waals surface area contributed by atoms with E-state index in [0.717, 1.165) is 24.0 Å². The number of ketones is 2. The molecule has 0 saturated carbocycles. The van der Waals surface area contributed by atoms with Crippen LogP contribution < -0.4 is 4.74 Å². The van der Waals surface area contributed by atoms with Crippen molar-refractivity contribution >= 4 is 11.6 Å². The summed E-state index contributed by atoms with van der Waals surface area (Å²) in [6.07, 6.45) is 2.12. The van der Waals surface area contributed by atoms with E-state index in [0.29, 0.717) is 28.9 Å². The molecule has 0 saturated heterocycles. The number of unbranched alkanes of at least 4 members (excludes halogenated alkanes) is 1. The molecule has 194 valence electrons. The maximum absolute atomic E-state index is 13.3. The molecule has 1 atom stereocenters. The van der Waals surface area contributed by atoms with Crippen LogP contribution in [0.2, 0.25) is 0 Å². The van der Waals surface area contributed by atoms with Crippen LogP contribution in [-0.2, 0) is 0 Å². The average molecular weight is 510 g/mol. The van der Waals surface area contributed by atoms with E-state index in [1.807, 2.05) is 38.1 Å². The van der Waals surface area contributed by atoms with Gasteiger partial charge in [-0.05, 0) is 44.5 Å². The van der Waals surface area contributed by atoms with Gasteiger partial charge in [0.25, 0.3) is 0 Å². The van der Waals surface area contributed by atoms with E-state index in [4.69, 9.17) is 4.74 Å². The van der Waals surface area contributed by atoms with Crippen LogP contribution in [0.3, 0.4) is 0 Å². The highest BCUT2D eigenvalue weighted by atomic mass is 16.5. The SMILES string of the molecule is CCCCC(O)COc1ccc(-c2nc(C(=O)c3ccc(C)cc3)nc(C(=O)c3ccc(C)cc3)n2)cc1. The first kappa shape index (κ1) is 26.8. The summed E-state index contributed by atoms with van der Waals surface area (Å²) in [7, 11) is 0. The van der Waals surface area contributed by atoms with Crippen molar-refractivity contribution in [3.63, 3.8) is 0 Å². The molecule has 4 rings (SSSR count). The second kappa shape index (κ2) is 12.3. The molecule has 1 N–H and O–H groups in total. The fourth-order valence-electron chi connectivity index (χ4n) is 3.79. The maximum atomic E-state index is 13.3. The lowest BCUT2D eigenvalue weighted by molar-refractivity contribution is 0.0980. The van der Waals surface area contributed by atoms with Crippen LogP contribution in [0.5, 0.6) is 5.75 Å². The van der Waals surface area contributed by atoms with Gasteiger partial charge < -0.3 is 9.84 Å². The molecule has 0 radical (unpaired) electrons. The predicted molar refractivity (Wildman–Crippen MR) is 146 cm³/mol. The molecular formula is C31H31N3O4. The molecule has 1 heterocycles. The molecule has 0 aliphatic carbocycles. The Morgan fingerprint density at radius 3 is 1.74 bits per heavy atom. The summed E-state index contributed by atoms with van der Waals surface area (Å²) in [5, 5.41) is 10.0. The third-order valence-corrected chi connectivity index (χ3v) is 6.11. The molecule has 0 aliphatic rings. The van der Waals surface area contributed by atoms with Gasteiger partial charge in [0.2, 0.25) is 23.2 Å². The van der Waals surface area contributed by atoms with E-state index >= 15 is 0 Å². The zero-order chi connectivity index (χ0) is 27.1. The fraction of sp³-hybridized carbons (Fsp3) is 0.258. The zero-order valence-electron chi connectivity index (χ0n) is 21.8. The molecule has 0 bridgehead atoms. The maximum Gasteiger partial charge on any atom is 0.230 e. The number of carbonyl (C=O) groups excluding carboxylic acids is 2. The van der Waals surface area contributed by atoms with Gasteiger partial charge in [0.15, 0.2) is 5.82 Å². The first-order chi connectivity index (χ1) is 18.3. The highest BCUT2D eigenvalue weighted by molar-refractivity contribution is 6.09. The van der Waals surface area contributed by atoms with Gasteiger partial charge in [-0.1, -0.05) is 79.4 Å². The quantitative estimate of drug-likeness (QED) is 0.265. The van der Waals surface area contributed by atoms with E-state index in [9.17, 15) is 14.7 Å². The third-order valence-electron chi connectivity index (χ3n) is 6.11. The Bertz CT molecular complexity index is 1320. The van der Waals surface area contributed by atoms with Crippen molar-refractivity contribution in [2.45, 2.75) is 46.1 Å². The molecule has 1 aromatic heterocycles. The number of aromatic nitrogens is 3. The monoisotopic (exact) mass is 509 g/mol. The van der Waals surface area contributed by atoms with E-state index in [-0.39, 0.29) is 24.1 Å². The molecule has 38 heavy (non-hydrogen) atoms. The highest BCUT2D eigenvalue weighted by Gasteiger charge is 2.21. The molecule has 0 aliphatic heterocycles. The molecule has 4 aromatic rings. The highest BCUT2D eigenvalue weighted by Crippen LogP contribution is 2.22. The summed E-state index contributed by atoms with van der Waals surface area (Å²) in [6, 6.07) is 21.2. The lowest BCUT2D eigenvalue weighted by atomic mass is 10.1. The topological polar surface area (TPSA) is 102 Å². The van der Waals surface area contributed by atoms with Gasteiger partial charge >= 0.3 is 0 Å². The Kier molecular flexibility index (Phi) is 8.71. The van der Waals surface area contributed by atoms with Gasteiger partial charge in [-0.15, -0.1) is 0 Å². The zero-order valence-corrected chi connectivity index (χ0v) is 21.8. The number of nitrogens with zero attached hydrogens (tertiary/aromatic N) is 3. The molecular weight excluding hydrogens is 478 g/mol. The molecule has 7 heteroatoms. The number of aliphatic hydroxyl groups is 1. The molecule has 0 spiro atoms. The van der Waals surface area contributed by atoms with Crippen LogP contribution >= 0.6 is 0 Å². The second-order valence-electron chi connectivity index (χ2n) is 9.33.